The maximum absolute atomic E-state index is 12.5. The highest BCUT2D eigenvalue weighted by atomic mass is 16.5. The fourth-order valence-electron chi connectivity index (χ4n) is 2.60. The van der Waals surface area contributed by atoms with Crippen LogP contribution in [0.15, 0.2) is 53.6 Å². The highest BCUT2D eigenvalue weighted by Gasteiger charge is 2.11. The molecule has 26 heavy (non-hydrogen) atoms. The van der Waals surface area contributed by atoms with Crippen molar-refractivity contribution in [1.29, 1.82) is 0 Å². The van der Waals surface area contributed by atoms with Crippen molar-refractivity contribution in [2.75, 3.05) is 14.2 Å². The average Bonchev–Trinajstić information content (AvgIpc) is 2.67. The van der Waals surface area contributed by atoms with Crippen molar-refractivity contribution in [3.63, 3.8) is 0 Å². The highest BCUT2D eigenvalue weighted by Crippen LogP contribution is 2.22. The molecule has 0 aliphatic heterocycles. The summed E-state index contributed by atoms with van der Waals surface area (Å²) in [5.41, 5.74) is 5.22. The second kappa shape index (κ2) is 7.65. The lowest BCUT2D eigenvalue weighted by atomic mass is 10.1. The van der Waals surface area contributed by atoms with Gasteiger partial charge in [-0.15, -0.1) is 0 Å². The van der Waals surface area contributed by atoms with Gasteiger partial charge in [-0.05, 0) is 37.3 Å². The normalized spacial score (nSPS) is 10.9. The zero-order chi connectivity index (χ0) is 18.5. The summed E-state index contributed by atoms with van der Waals surface area (Å²) in [5.74, 6) is 0.986. The minimum absolute atomic E-state index is 0.320. The summed E-state index contributed by atoms with van der Waals surface area (Å²) < 4.78 is 10.5. The quantitative estimate of drug-likeness (QED) is 0.566. The van der Waals surface area contributed by atoms with E-state index >= 15 is 0 Å². The molecule has 0 bridgehead atoms. The van der Waals surface area contributed by atoms with Crippen LogP contribution in [0.1, 0.15) is 21.6 Å². The van der Waals surface area contributed by atoms with Gasteiger partial charge in [-0.2, -0.15) is 5.10 Å². The minimum Gasteiger partial charge on any atom is -0.497 e. The number of benzene rings is 2. The van der Waals surface area contributed by atoms with E-state index in [1.165, 1.54) is 6.21 Å². The summed E-state index contributed by atoms with van der Waals surface area (Å²) in [6.07, 6.45) is 1.52. The molecule has 0 spiro atoms. The topological polar surface area (TPSA) is 72.8 Å². The Labute approximate surface area is 151 Å². The van der Waals surface area contributed by atoms with E-state index < -0.39 is 0 Å². The van der Waals surface area contributed by atoms with Gasteiger partial charge < -0.3 is 9.47 Å². The number of nitrogens with zero attached hydrogens (tertiary/aromatic N) is 2. The Morgan fingerprint density at radius 3 is 2.69 bits per heavy atom. The smallest absolute Gasteiger partial charge is 0.273 e. The summed E-state index contributed by atoms with van der Waals surface area (Å²) in [6, 6.07) is 14.8. The fourth-order valence-corrected chi connectivity index (χ4v) is 2.60. The Balaban J connectivity index is 1.81. The van der Waals surface area contributed by atoms with Gasteiger partial charge >= 0.3 is 0 Å². The van der Waals surface area contributed by atoms with Crippen LogP contribution in [0.4, 0.5) is 0 Å². The molecule has 3 rings (SSSR count). The third-order valence-corrected chi connectivity index (χ3v) is 3.97. The molecule has 0 saturated carbocycles. The molecule has 132 valence electrons. The number of aryl methyl sites for hydroxylation is 1. The van der Waals surface area contributed by atoms with Crippen LogP contribution in [0.5, 0.6) is 11.5 Å². The largest absolute Gasteiger partial charge is 0.497 e. The average molecular weight is 349 g/mol. The highest BCUT2D eigenvalue weighted by molar-refractivity contribution is 5.99. The Morgan fingerprint density at radius 1 is 1.12 bits per heavy atom. The fraction of sp³-hybridized carbons (Fsp3) is 0.150. The number of rotatable bonds is 5. The van der Waals surface area contributed by atoms with Gasteiger partial charge in [0.2, 0.25) is 0 Å². The van der Waals surface area contributed by atoms with E-state index in [4.69, 9.17) is 9.47 Å². The summed E-state index contributed by atoms with van der Waals surface area (Å²) in [7, 11) is 3.15. The van der Waals surface area contributed by atoms with E-state index in [0.717, 1.165) is 10.9 Å². The summed E-state index contributed by atoms with van der Waals surface area (Å²) in [4.78, 5) is 16.9. The van der Waals surface area contributed by atoms with E-state index in [1.807, 2.05) is 30.3 Å². The van der Waals surface area contributed by atoms with Crippen molar-refractivity contribution in [2.45, 2.75) is 6.92 Å². The van der Waals surface area contributed by atoms with Crippen molar-refractivity contribution in [3.05, 3.63) is 65.4 Å². The van der Waals surface area contributed by atoms with Gasteiger partial charge in [0.25, 0.3) is 5.91 Å². The first-order valence-electron chi connectivity index (χ1n) is 8.04. The van der Waals surface area contributed by atoms with E-state index in [9.17, 15) is 4.79 Å². The van der Waals surface area contributed by atoms with Gasteiger partial charge in [0.15, 0.2) is 0 Å². The number of amides is 1. The first-order valence-corrected chi connectivity index (χ1v) is 8.04. The van der Waals surface area contributed by atoms with E-state index in [0.29, 0.717) is 28.3 Å². The zero-order valence-corrected chi connectivity index (χ0v) is 14.8. The SMILES string of the molecule is COc1ccc(OC)c(C=NNC(=O)c2cc3ccccc3nc2C)c1. The lowest BCUT2D eigenvalue weighted by molar-refractivity contribution is 0.0954. The second-order valence-corrected chi connectivity index (χ2v) is 5.62. The standard InChI is InChI=1S/C20H19N3O3/c1-13-17(11-14-6-4-5-7-18(14)22-13)20(24)23-21-12-15-10-16(25-2)8-9-19(15)26-3/h4-12H,1-3H3,(H,23,24). The molecule has 3 aromatic rings. The van der Waals surface area contributed by atoms with Crippen LogP contribution < -0.4 is 14.9 Å². The van der Waals surface area contributed by atoms with Gasteiger partial charge in [-0.25, -0.2) is 5.43 Å². The number of methoxy groups -OCH3 is 2. The lowest BCUT2D eigenvalue weighted by Crippen LogP contribution is -2.19. The number of hydrazone groups is 1. The molecule has 0 saturated heterocycles. The number of fused-ring (bicyclic) bond motifs is 1. The predicted octanol–water partition coefficient (Wildman–Crippen LogP) is 3.32. The minimum atomic E-state index is -0.320. The molecule has 0 radical (unpaired) electrons. The molecule has 6 nitrogen and oxygen atoms in total. The van der Waals surface area contributed by atoms with E-state index in [1.54, 1.807) is 39.3 Å². The first-order chi connectivity index (χ1) is 12.6. The number of para-hydroxylation sites is 1. The molecule has 6 heteroatoms. The van der Waals surface area contributed by atoms with Crippen molar-refractivity contribution >= 4 is 23.0 Å². The molecule has 1 heterocycles. The number of hydrogen-bond donors (Lipinski definition) is 1. The Bertz CT molecular complexity index is 983. The number of carbonyl (C=O) groups is 1. The van der Waals surface area contributed by atoms with E-state index in [-0.39, 0.29) is 5.91 Å². The number of pyridine rings is 1. The molecule has 2 aromatic carbocycles. The molecular weight excluding hydrogens is 330 g/mol. The summed E-state index contributed by atoms with van der Waals surface area (Å²) in [6.45, 7) is 1.80. The first kappa shape index (κ1) is 17.4. The molecule has 0 aliphatic carbocycles. The van der Waals surface area contributed by atoms with Crippen LogP contribution in [-0.4, -0.2) is 31.3 Å². The molecule has 1 N–H and O–H groups in total. The van der Waals surface area contributed by atoms with Crippen LogP contribution in [0.2, 0.25) is 0 Å². The maximum atomic E-state index is 12.5. The van der Waals surface area contributed by atoms with Crippen LogP contribution >= 0.6 is 0 Å². The molecular formula is C20H19N3O3. The van der Waals surface area contributed by atoms with Crippen molar-refractivity contribution in [2.24, 2.45) is 5.10 Å². The molecule has 0 aliphatic rings. The van der Waals surface area contributed by atoms with Crippen LogP contribution in [-0.2, 0) is 0 Å². The number of ether oxygens (including phenoxy) is 2. The number of nitrogens with one attached hydrogen (secondary N) is 1. The van der Waals surface area contributed by atoms with Gasteiger partial charge in [0.05, 0.1) is 37.2 Å². The Morgan fingerprint density at radius 2 is 1.92 bits per heavy atom. The Kier molecular flexibility index (Phi) is 5.12. The number of hydrogen-bond acceptors (Lipinski definition) is 5. The molecule has 0 unspecified atom stereocenters. The molecule has 1 aromatic heterocycles. The molecule has 0 atom stereocenters. The maximum Gasteiger partial charge on any atom is 0.273 e. The van der Waals surface area contributed by atoms with Gasteiger partial charge in [0, 0.05) is 10.9 Å². The monoisotopic (exact) mass is 349 g/mol. The lowest BCUT2D eigenvalue weighted by Gasteiger charge is -2.07. The molecule has 0 fully saturated rings. The predicted molar refractivity (Wildman–Crippen MR) is 101 cm³/mol. The third kappa shape index (κ3) is 3.64. The second-order valence-electron chi connectivity index (χ2n) is 5.62. The van der Waals surface area contributed by atoms with Gasteiger partial charge in [-0.3, -0.25) is 9.78 Å². The van der Waals surface area contributed by atoms with Gasteiger partial charge in [0.1, 0.15) is 11.5 Å². The zero-order valence-electron chi connectivity index (χ0n) is 14.8. The van der Waals surface area contributed by atoms with Crippen LogP contribution in [0.25, 0.3) is 10.9 Å². The number of aromatic nitrogens is 1. The van der Waals surface area contributed by atoms with Crippen molar-refractivity contribution in [3.8, 4) is 11.5 Å². The number of carbonyl (C=O) groups excluding carboxylic acids is 1. The van der Waals surface area contributed by atoms with Crippen LogP contribution in [0.3, 0.4) is 0 Å². The van der Waals surface area contributed by atoms with Crippen molar-refractivity contribution < 1.29 is 14.3 Å². The van der Waals surface area contributed by atoms with E-state index in [2.05, 4.69) is 15.5 Å². The molecule has 1 amide bonds. The summed E-state index contributed by atoms with van der Waals surface area (Å²) in [5, 5.41) is 4.94. The van der Waals surface area contributed by atoms with Crippen molar-refractivity contribution in [1.82, 2.24) is 10.4 Å². The third-order valence-electron chi connectivity index (χ3n) is 3.97. The summed E-state index contributed by atoms with van der Waals surface area (Å²) >= 11 is 0. The van der Waals surface area contributed by atoms with Gasteiger partial charge in [-0.1, -0.05) is 18.2 Å². The Hall–Kier alpha value is -3.41. The van der Waals surface area contributed by atoms with Crippen LogP contribution in [0, 0.1) is 6.92 Å².